The zero-order valence-electron chi connectivity index (χ0n) is 13.7. The molecule has 0 unspecified atom stereocenters. The summed E-state index contributed by atoms with van der Waals surface area (Å²) in [4.78, 5) is 12.8. The summed E-state index contributed by atoms with van der Waals surface area (Å²) in [6.07, 6.45) is 9.91. The molecule has 1 aliphatic heterocycles. The highest BCUT2D eigenvalue weighted by molar-refractivity contribution is 5.85. The van der Waals surface area contributed by atoms with Crippen molar-refractivity contribution >= 4 is 18.3 Å². The second-order valence-electron chi connectivity index (χ2n) is 7.32. The molecule has 2 atom stereocenters. The predicted octanol–water partition coefficient (Wildman–Crippen LogP) is 2.51. The molecule has 3 aliphatic rings. The summed E-state index contributed by atoms with van der Waals surface area (Å²) >= 11 is 0. The largest absolute Gasteiger partial charge is 0.381 e. The van der Waals surface area contributed by atoms with E-state index in [0.717, 1.165) is 38.9 Å². The van der Waals surface area contributed by atoms with E-state index in [0.29, 0.717) is 23.8 Å². The normalized spacial score (nSPS) is 38.0. The van der Waals surface area contributed by atoms with Gasteiger partial charge >= 0.3 is 0 Å². The van der Waals surface area contributed by atoms with Crippen molar-refractivity contribution in [3.63, 3.8) is 0 Å². The maximum Gasteiger partial charge on any atom is 0.227 e. The number of fused-ring (bicyclic) bond motifs is 1. The zero-order chi connectivity index (χ0) is 14.7. The molecule has 0 bridgehead atoms. The quantitative estimate of drug-likeness (QED) is 0.832. The first-order valence-electron chi connectivity index (χ1n) is 8.76. The van der Waals surface area contributed by atoms with Crippen molar-refractivity contribution in [3.05, 3.63) is 0 Å². The Labute approximate surface area is 140 Å². The van der Waals surface area contributed by atoms with E-state index in [1.165, 1.54) is 32.1 Å². The maximum atomic E-state index is 12.8. The number of carbonyl (C=O) groups excluding carboxylic acids is 1. The molecule has 2 saturated carbocycles. The molecule has 5 heteroatoms. The molecular weight excluding hydrogens is 300 g/mol. The van der Waals surface area contributed by atoms with Crippen molar-refractivity contribution in [2.45, 2.75) is 57.5 Å². The van der Waals surface area contributed by atoms with Gasteiger partial charge in [-0.2, -0.15) is 0 Å². The predicted molar refractivity (Wildman–Crippen MR) is 90.3 cm³/mol. The van der Waals surface area contributed by atoms with Gasteiger partial charge in [0.2, 0.25) is 5.91 Å². The second kappa shape index (κ2) is 7.98. The Balaban J connectivity index is 0.00000176. The zero-order valence-corrected chi connectivity index (χ0v) is 14.6. The average Bonchev–Trinajstić information content (AvgIpc) is 2.98. The number of nitrogens with one attached hydrogen (secondary N) is 2. The number of amides is 1. The van der Waals surface area contributed by atoms with E-state index in [-0.39, 0.29) is 17.8 Å². The van der Waals surface area contributed by atoms with E-state index >= 15 is 0 Å². The van der Waals surface area contributed by atoms with Crippen LogP contribution >= 0.6 is 12.4 Å². The van der Waals surface area contributed by atoms with Crippen LogP contribution in [0.15, 0.2) is 0 Å². The first-order chi connectivity index (χ1) is 10.2. The third kappa shape index (κ3) is 3.60. The monoisotopic (exact) mass is 330 g/mol. The SMILES string of the molecule is COC1CCC(CNC(=O)[C@@]23CCCC[C@H]2CNC3)CC1.Cl. The molecule has 0 radical (unpaired) electrons. The van der Waals surface area contributed by atoms with Crippen molar-refractivity contribution in [2.75, 3.05) is 26.7 Å². The van der Waals surface area contributed by atoms with E-state index in [4.69, 9.17) is 4.74 Å². The Morgan fingerprint density at radius 1 is 1.23 bits per heavy atom. The Hall–Kier alpha value is -0.320. The average molecular weight is 331 g/mol. The van der Waals surface area contributed by atoms with Crippen LogP contribution in [-0.2, 0) is 9.53 Å². The summed E-state index contributed by atoms with van der Waals surface area (Å²) in [5.74, 6) is 1.54. The number of rotatable bonds is 4. The van der Waals surface area contributed by atoms with Crippen LogP contribution in [0.1, 0.15) is 51.4 Å². The van der Waals surface area contributed by atoms with Crippen molar-refractivity contribution in [1.29, 1.82) is 0 Å². The lowest BCUT2D eigenvalue weighted by Crippen LogP contribution is -2.49. The smallest absolute Gasteiger partial charge is 0.227 e. The van der Waals surface area contributed by atoms with E-state index < -0.39 is 0 Å². The van der Waals surface area contributed by atoms with E-state index in [9.17, 15) is 4.79 Å². The molecule has 2 N–H and O–H groups in total. The van der Waals surface area contributed by atoms with Crippen molar-refractivity contribution < 1.29 is 9.53 Å². The van der Waals surface area contributed by atoms with Gasteiger partial charge in [0, 0.05) is 20.2 Å². The number of carbonyl (C=O) groups is 1. The maximum absolute atomic E-state index is 12.8. The molecular formula is C17H31ClN2O2. The van der Waals surface area contributed by atoms with E-state index in [1.807, 2.05) is 7.11 Å². The summed E-state index contributed by atoms with van der Waals surface area (Å²) in [5.41, 5.74) is -0.0953. The summed E-state index contributed by atoms with van der Waals surface area (Å²) < 4.78 is 5.42. The summed E-state index contributed by atoms with van der Waals surface area (Å²) in [5, 5.41) is 6.76. The molecule has 0 spiro atoms. The minimum absolute atomic E-state index is 0. The highest BCUT2D eigenvalue weighted by atomic mass is 35.5. The van der Waals surface area contributed by atoms with Crippen LogP contribution in [0.25, 0.3) is 0 Å². The lowest BCUT2D eigenvalue weighted by molar-refractivity contribution is -0.134. The van der Waals surface area contributed by atoms with Gasteiger partial charge in [-0.15, -0.1) is 12.4 Å². The topological polar surface area (TPSA) is 50.4 Å². The molecule has 1 amide bonds. The highest BCUT2D eigenvalue weighted by Gasteiger charge is 2.49. The molecule has 0 aromatic carbocycles. The third-order valence-corrected chi connectivity index (χ3v) is 6.17. The van der Waals surface area contributed by atoms with Gasteiger partial charge in [-0.25, -0.2) is 0 Å². The van der Waals surface area contributed by atoms with Gasteiger partial charge in [-0.3, -0.25) is 4.79 Å². The molecule has 3 rings (SSSR count). The van der Waals surface area contributed by atoms with Crippen LogP contribution in [0.4, 0.5) is 0 Å². The molecule has 0 aromatic heterocycles. The Morgan fingerprint density at radius 3 is 2.73 bits per heavy atom. The molecule has 0 aromatic rings. The number of hydrogen-bond acceptors (Lipinski definition) is 3. The van der Waals surface area contributed by atoms with Crippen molar-refractivity contribution in [1.82, 2.24) is 10.6 Å². The number of ether oxygens (including phenoxy) is 1. The third-order valence-electron chi connectivity index (χ3n) is 6.17. The first-order valence-corrected chi connectivity index (χ1v) is 8.76. The molecule has 128 valence electrons. The minimum Gasteiger partial charge on any atom is -0.381 e. The molecule has 2 aliphatic carbocycles. The fourth-order valence-electron chi connectivity index (χ4n) is 4.68. The molecule has 1 heterocycles. The Kier molecular flexibility index (Phi) is 6.54. The molecule has 22 heavy (non-hydrogen) atoms. The molecule has 4 nitrogen and oxygen atoms in total. The van der Waals surface area contributed by atoms with Crippen molar-refractivity contribution in [3.8, 4) is 0 Å². The fourth-order valence-corrected chi connectivity index (χ4v) is 4.68. The Bertz CT molecular complexity index is 372. The number of methoxy groups -OCH3 is 1. The number of halogens is 1. The number of hydrogen-bond donors (Lipinski definition) is 2. The lowest BCUT2D eigenvalue weighted by atomic mass is 9.67. The highest BCUT2D eigenvalue weighted by Crippen LogP contribution is 2.44. The van der Waals surface area contributed by atoms with Gasteiger partial charge in [0.25, 0.3) is 0 Å². The van der Waals surface area contributed by atoms with Gasteiger partial charge < -0.3 is 15.4 Å². The van der Waals surface area contributed by atoms with Gasteiger partial charge in [0.05, 0.1) is 11.5 Å². The van der Waals surface area contributed by atoms with Gasteiger partial charge in [-0.05, 0) is 56.9 Å². The van der Waals surface area contributed by atoms with Crippen molar-refractivity contribution in [2.24, 2.45) is 17.3 Å². The van der Waals surface area contributed by atoms with Crippen LogP contribution in [0, 0.1) is 17.3 Å². The summed E-state index contributed by atoms with van der Waals surface area (Å²) in [7, 11) is 1.81. The van der Waals surface area contributed by atoms with E-state index in [1.54, 1.807) is 0 Å². The Morgan fingerprint density at radius 2 is 2.00 bits per heavy atom. The molecule has 3 fully saturated rings. The second-order valence-corrected chi connectivity index (χ2v) is 7.32. The van der Waals surface area contributed by atoms with Crippen LogP contribution in [0.2, 0.25) is 0 Å². The molecule has 1 saturated heterocycles. The first kappa shape index (κ1) is 18.0. The van der Waals surface area contributed by atoms with Gasteiger partial charge in [0.1, 0.15) is 0 Å². The standard InChI is InChI=1S/C17H30N2O2.ClH/c1-21-15-7-5-13(6-8-15)10-19-16(20)17-9-3-2-4-14(17)11-18-12-17;/h13-15,18H,2-12H2,1H3,(H,19,20);1H/t13?,14-,15?,17+;/m0./s1. The minimum atomic E-state index is -0.0953. The summed E-state index contributed by atoms with van der Waals surface area (Å²) in [6.45, 7) is 2.79. The fraction of sp³-hybridized carbons (Fsp3) is 0.941. The lowest BCUT2D eigenvalue weighted by Gasteiger charge is -2.37. The van der Waals surface area contributed by atoms with Crippen LogP contribution in [0.3, 0.4) is 0 Å². The van der Waals surface area contributed by atoms with Crippen LogP contribution in [-0.4, -0.2) is 38.8 Å². The van der Waals surface area contributed by atoms with E-state index in [2.05, 4.69) is 10.6 Å². The van der Waals surface area contributed by atoms with Crippen LogP contribution < -0.4 is 10.6 Å². The van der Waals surface area contributed by atoms with Gasteiger partial charge in [-0.1, -0.05) is 12.8 Å². The summed E-state index contributed by atoms with van der Waals surface area (Å²) in [6, 6.07) is 0. The van der Waals surface area contributed by atoms with Gasteiger partial charge in [0.15, 0.2) is 0 Å². The van der Waals surface area contributed by atoms with Crippen LogP contribution in [0.5, 0.6) is 0 Å².